The average molecular weight is 394 g/mol. The van der Waals surface area contributed by atoms with Crippen molar-refractivity contribution in [3.05, 3.63) is 33.2 Å². The molecule has 3 amide bonds. The molecule has 6 nitrogen and oxygen atoms in total. The SMILES string of the molecule is C[C@@H]1CCCC[C@@H]1NC(=O)NC(=O)Cn1cc(C(F)(F)F)cc(Cl)c1=O. The van der Waals surface area contributed by atoms with Crippen molar-refractivity contribution in [3.8, 4) is 0 Å². The number of amides is 3. The van der Waals surface area contributed by atoms with Gasteiger partial charge in [-0.3, -0.25) is 14.9 Å². The maximum atomic E-state index is 12.8. The van der Waals surface area contributed by atoms with E-state index in [4.69, 9.17) is 11.6 Å². The predicted octanol–water partition coefficient (Wildman–Crippen LogP) is 2.93. The van der Waals surface area contributed by atoms with Crippen LogP contribution in [-0.4, -0.2) is 22.5 Å². The van der Waals surface area contributed by atoms with Crippen molar-refractivity contribution < 1.29 is 22.8 Å². The van der Waals surface area contributed by atoms with Gasteiger partial charge in [0.05, 0.1) is 5.56 Å². The van der Waals surface area contributed by atoms with Crippen molar-refractivity contribution in [2.24, 2.45) is 5.92 Å². The van der Waals surface area contributed by atoms with Crippen LogP contribution in [0.5, 0.6) is 0 Å². The Morgan fingerprint density at radius 2 is 1.96 bits per heavy atom. The number of hydrogen-bond acceptors (Lipinski definition) is 3. The normalized spacial score (nSPS) is 20.5. The highest BCUT2D eigenvalue weighted by atomic mass is 35.5. The van der Waals surface area contributed by atoms with Crippen molar-refractivity contribution >= 4 is 23.5 Å². The minimum Gasteiger partial charge on any atom is -0.335 e. The standard InChI is InChI=1S/C16H19ClF3N3O3/c1-9-4-2-3-5-12(9)21-15(26)22-13(24)8-23-7-10(16(18,19)20)6-11(17)14(23)25/h6-7,9,12H,2-5,8H2,1H3,(H2,21,22,24,26)/t9-,12+/m1/s1. The number of hydrogen-bond donors (Lipinski definition) is 2. The summed E-state index contributed by atoms with van der Waals surface area (Å²) >= 11 is 5.51. The van der Waals surface area contributed by atoms with E-state index in [9.17, 15) is 27.6 Å². The van der Waals surface area contributed by atoms with Crippen molar-refractivity contribution in [3.63, 3.8) is 0 Å². The number of alkyl halides is 3. The number of imide groups is 1. The van der Waals surface area contributed by atoms with Gasteiger partial charge >= 0.3 is 12.2 Å². The maximum absolute atomic E-state index is 12.8. The molecule has 2 rings (SSSR count). The fraction of sp³-hybridized carbons (Fsp3) is 0.562. The Morgan fingerprint density at radius 3 is 2.58 bits per heavy atom. The highest BCUT2D eigenvalue weighted by Crippen LogP contribution is 2.29. The number of aromatic nitrogens is 1. The lowest BCUT2D eigenvalue weighted by atomic mass is 9.86. The van der Waals surface area contributed by atoms with Crippen LogP contribution in [0.1, 0.15) is 38.2 Å². The summed E-state index contributed by atoms with van der Waals surface area (Å²) in [6, 6.07) is -0.308. The van der Waals surface area contributed by atoms with E-state index in [0.29, 0.717) is 16.8 Å². The van der Waals surface area contributed by atoms with Gasteiger partial charge in [0.1, 0.15) is 11.6 Å². The molecule has 0 aliphatic heterocycles. The monoisotopic (exact) mass is 393 g/mol. The summed E-state index contributed by atoms with van der Waals surface area (Å²) < 4.78 is 38.9. The summed E-state index contributed by atoms with van der Waals surface area (Å²) in [4.78, 5) is 35.6. The smallest absolute Gasteiger partial charge is 0.335 e. The van der Waals surface area contributed by atoms with Crippen molar-refractivity contribution in [2.45, 2.75) is 51.4 Å². The second kappa shape index (κ2) is 8.11. The summed E-state index contributed by atoms with van der Waals surface area (Å²) in [5.41, 5.74) is -2.11. The number of pyridine rings is 1. The van der Waals surface area contributed by atoms with E-state index in [1.807, 2.05) is 12.2 Å². The molecule has 0 unspecified atom stereocenters. The molecule has 1 aliphatic rings. The van der Waals surface area contributed by atoms with E-state index in [1.54, 1.807) is 0 Å². The Labute approximate surface area is 152 Å². The first-order valence-electron chi connectivity index (χ1n) is 8.15. The summed E-state index contributed by atoms with van der Waals surface area (Å²) in [6.45, 7) is 1.24. The topological polar surface area (TPSA) is 80.2 Å². The van der Waals surface area contributed by atoms with Crippen LogP contribution in [0.4, 0.5) is 18.0 Å². The molecule has 26 heavy (non-hydrogen) atoms. The number of halogens is 4. The molecule has 1 aromatic heterocycles. The van der Waals surface area contributed by atoms with Crippen molar-refractivity contribution in [2.75, 3.05) is 0 Å². The third kappa shape index (κ3) is 5.23. The lowest BCUT2D eigenvalue weighted by molar-refractivity contribution is -0.138. The van der Waals surface area contributed by atoms with Gasteiger partial charge in [-0.25, -0.2) is 4.79 Å². The zero-order chi connectivity index (χ0) is 19.5. The molecule has 0 spiro atoms. The second-order valence-corrected chi connectivity index (χ2v) is 6.80. The van der Waals surface area contributed by atoms with E-state index in [0.717, 1.165) is 25.7 Å². The van der Waals surface area contributed by atoms with E-state index >= 15 is 0 Å². The van der Waals surface area contributed by atoms with Crippen LogP contribution in [0.25, 0.3) is 0 Å². The number of carbonyl (C=O) groups excluding carboxylic acids is 2. The molecule has 0 saturated heterocycles. The van der Waals surface area contributed by atoms with Gasteiger partial charge in [-0.1, -0.05) is 31.4 Å². The molecule has 1 aliphatic carbocycles. The number of urea groups is 1. The minimum absolute atomic E-state index is 0.0673. The molecule has 1 saturated carbocycles. The number of nitrogens with one attached hydrogen (secondary N) is 2. The minimum atomic E-state index is -4.72. The Balaban J connectivity index is 2.02. The molecule has 1 fully saturated rings. The van der Waals surface area contributed by atoms with Gasteiger partial charge < -0.3 is 9.88 Å². The zero-order valence-electron chi connectivity index (χ0n) is 14.0. The number of rotatable bonds is 3. The van der Waals surface area contributed by atoms with Gasteiger partial charge in [-0.15, -0.1) is 0 Å². The van der Waals surface area contributed by atoms with Crippen molar-refractivity contribution in [1.82, 2.24) is 15.2 Å². The summed E-state index contributed by atoms with van der Waals surface area (Å²) in [5, 5.41) is 4.05. The molecule has 1 heterocycles. The van der Waals surface area contributed by atoms with Crippen LogP contribution >= 0.6 is 11.6 Å². The molecule has 2 atom stereocenters. The van der Waals surface area contributed by atoms with E-state index < -0.39 is 40.8 Å². The molecule has 0 aromatic carbocycles. The molecule has 0 radical (unpaired) electrons. The van der Waals surface area contributed by atoms with E-state index in [1.165, 1.54) is 0 Å². The average Bonchev–Trinajstić information content (AvgIpc) is 2.52. The summed E-state index contributed by atoms with van der Waals surface area (Å²) in [5.74, 6) is -0.641. The quantitative estimate of drug-likeness (QED) is 0.828. The Kier molecular flexibility index (Phi) is 6.33. The van der Waals surface area contributed by atoms with Gasteiger partial charge in [-0.2, -0.15) is 13.2 Å². The fourth-order valence-corrected chi connectivity index (χ4v) is 3.15. The second-order valence-electron chi connectivity index (χ2n) is 6.40. The lowest BCUT2D eigenvalue weighted by Gasteiger charge is -2.29. The Hall–Kier alpha value is -2.03. The van der Waals surface area contributed by atoms with Crippen LogP contribution in [-0.2, 0) is 17.5 Å². The van der Waals surface area contributed by atoms with Crippen molar-refractivity contribution in [1.29, 1.82) is 0 Å². The summed E-state index contributed by atoms with van der Waals surface area (Å²) in [7, 11) is 0. The van der Waals surface area contributed by atoms with Crippen LogP contribution in [0.3, 0.4) is 0 Å². The number of nitrogens with zero attached hydrogens (tertiary/aromatic N) is 1. The first-order chi connectivity index (χ1) is 12.1. The van der Waals surface area contributed by atoms with Gasteiger partial charge in [-0.05, 0) is 24.8 Å². The molecule has 0 bridgehead atoms. The van der Waals surface area contributed by atoms with E-state index in [2.05, 4.69) is 5.32 Å². The zero-order valence-corrected chi connectivity index (χ0v) is 14.8. The highest BCUT2D eigenvalue weighted by Gasteiger charge is 2.32. The van der Waals surface area contributed by atoms with Gasteiger partial charge in [0.15, 0.2) is 0 Å². The third-order valence-corrected chi connectivity index (χ3v) is 4.64. The fourth-order valence-electron chi connectivity index (χ4n) is 2.93. The number of carbonyl (C=O) groups is 2. The third-order valence-electron chi connectivity index (χ3n) is 4.36. The molecule has 10 heteroatoms. The van der Waals surface area contributed by atoms with Crippen LogP contribution in [0, 0.1) is 5.92 Å². The maximum Gasteiger partial charge on any atom is 0.417 e. The molecule has 144 valence electrons. The predicted molar refractivity (Wildman–Crippen MR) is 88.8 cm³/mol. The first-order valence-corrected chi connectivity index (χ1v) is 8.53. The highest BCUT2D eigenvalue weighted by molar-refractivity contribution is 6.30. The molecule has 2 N–H and O–H groups in total. The van der Waals surface area contributed by atoms with E-state index in [-0.39, 0.29) is 12.0 Å². The Bertz CT molecular complexity index is 748. The lowest BCUT2D eigenvalue weighted by Crippen LogP contribution is -2.48. The Morgan fingerprint density at radius 1 is 1.31 bits per heavy atom. The van der Waals surface area contributed by atoms with Crippen LogP contribution in [0.15, 0.2) is 17.1 Å². The van der Waals surface area contributed by atoms with Crippen LogP contribution < -0.4 is 16.2 Å². The molecular formula is C16H19ClF3N3O3. The van der Waals surface area contributed by atoms with Crippen LogP contribution in [0.2, 0.25) is 5.02 Å². The largest absolute Gasteiger partial charge is 0.417 e. The van der Waals surface area contributed by atoms with Gasteiger partial charge in [0, 0.05) is 12.2 Å². The summed E-state index contributed by atoms with van der Waals surface area (Å²) in [6.07, 6.45) is -0.401. The van der Waals surface area contributed by atoms with Gasteiger partial charge in [0.25, 0.3) is 5.56 Å². The molecule has 1 aromatic rings. The first kappa shape index (κ1) is 20.3. The molecular weight excluding hydrogens is 375 g/mol. The van der Waals surface area contributed by atoms with Gasteiger partial charge in [0.2, 0.25) is 5.91 Å².